The fourth-order valence-corrected chi connectivity index (χ4v) is 5.45. The Balaban J connectivity index is 1.49. The van der Waals surface area contributed by atoms with Gasteiger partial charge in [0.05, 0.1) is 17.3 Å². The van der Waals surface area contributed by atoms with Crippen LogP contribution in [0.3, 0.4) is 0 Å². The first-order chi connectivity index (χ1) is 15.6. The van der Waals surface area contributed by atoms with Crippen LogP contribution >= 0.6 is 35.0 Å². The number of rotatable bonds is 9. The fourth-order valence-electron chi connectivity index (χ4n) is 4.04. The maximum absolute atomic E-state index is 12.4. The molecular formula is C24H26Cl2N4OS. The first-order valence-corrected chi connectivity index (χ1v) is 12.7. The van der Waals surface area contributed by atoms with Crippen LogP contribution in [0.1, 0.15) is 49.9 Å². The van der Waals surface area contributed by atoms with E-state index in [0.717, 1.165) is 17.9 Å². The van der Waals surface area contributed by atoms with Gasteiger partial charge in [-0.1, -0.05) is 91.0 Å². The molecule has 1 saturated carbocycles. The van der Waals surface area contributed by atoms with E-state index in [-0.39, 0.29) is 5.91 Å². The van der Waals surface area contributed by atoms with Crippen LogP contribution in [-0.4, -0.2) is 20.7 Å². The highest BCUT2D eigenvalue weighted by Crippen LogP contribution is 2.31. The van der Waals surface area contributed by atoms with Crippen molar-refractivity contribution in [1.29, 1.82) is 0 Å². The Labute approximate surface area is 202 Å². The van der Waals surface area contributed by atoms with Gasteiger partial charge in [-0.2, -0.15) is 0 Å². The molecule has 0 aliphatic heterocycles. The number of amides is 1. The van der Waals surface area contributed by atoms with Gasteiger partial charge in [0.15, 0.2) is 11.0 Å². The average molecular weight is 489 g/mol. The van der Waals surface area contributed by atoms with Gasteiger partial charge in [0.25, 0.3) is 0 Å². The molecule has 0 radical (unpaired) electrons. The number of hydrogen-bond donors (Lipinski definition) is 1. The van der Waals surface area contributed by atoms with Gasteiger partial charge in [0.1, 0.15) is 0 Å². The lowest BCUT2D eigenvalue weighted by Crippen LogP contribution is -2.25. The van der Waals surface area contributed by atoms with Crippen molar-refractivity contribution >= 4 is 40.9 Å². The van der Waals surface area contributed by atoms with Gasteiger partial charge in [-0.25, -0.2) is 0 Å². The largest absolute Gasteiger partial charge is 0.349 e. The summed E-state index contributed by atoms with van der Waals surface area (Å²) in [5, 5.41) is 13.6. The second kappa shape index (κ2) is 11.2. The normalized spacial score (nSPS) is 14.1. The summed E-state index contributed by atoms with van der Waals surface area (Å²) >= 11 is 14.2. The third kappa shape index (κ3) is 6.06. The summed E-state index contributed by atoms with van der Waals surface area (Å²) in [5.74, 6) is 2.13. The van der Waals surface area contributed by atoms with Gasteiger partial charge in [-0.15, -0.1) is 10.2 Å². The van der Waals surface area contributed by atoms with Crippen LogP contribution in [0.2, 0.25) is 10.0 Å². The molecule has 2 aromatic carbocycles. The van der Waals surface area contributed by atoms with E-state index >= 15 is 0 Å². The minimum Gasteiger partial charge on any atom is -0.349 e. The first-order valence-electron chi connectivity index (χ1n) is 10.9. The molecule has 0 bridgehead atoms. The van der Waals surface area contributed by atoms with Crippen molar-refractivity contribution in [1.82, 2.24) is 20.1 Å². The topological polar surface area (TPSA) is 59.8 Å². The van der Waals surface area contributed by atoms with E-state index in [1.165, 1.54) is 31.2 Å². The zero-order valence-electron chi connectivity index (χ0n) is 17.8. The van der Waals surface area contributed by atoms with Crippen LogP contribution < -0.4 is 5.32 Å². The predicted octanol–water partition coefficient (Wildman–Crippen LogP) is 6.45. The first kappa shape index (κ1) is 23.1. The molecule has 0 unspecified atom stereocenters. The maximum atomic E-state index is 12.4. The molecule has 8 heteroatoms. The van der Waals surface area contributed by atoms with Crippen molar-refractivity contribution < 1.29 is 4.79 Å². The van der Waals surface area contributed by atoms with E-state index in [2.05, 4.69) is 27.6 Å². The summed E-state index contributed by atoms with van der Waals surface area (Å²) in [4.78, 5) is 12.4. The molecule has 32 heavy (non-hydrogen) atoms. The van der Waals surface area contributed by atoms with Crippen molar-refractivity contribution in [3.8, 4) is 5.69 Å². The van der Waals surface area contributed by atoms with Gasteiger partial charge < -0.3 is 5.32 Å². The highest BCUT2D eigenvalue weighted by atomic mass is 35.5. The number of thioether (sulfide) groups is 1. The number of halogens is 2. The van der Waals surface area contributed by atoms with Gasteiger partial charge >= 0.3 is 0 Å². The second-order valence-electron chi connectivity index (χ2n) is 8.07. The Bertz CT molecular complexity index is 1050. The summed E-state index contributed by atoms with van der Waals surface area (Å²) in [5.41, 5.74) is 1.93. The van der Waals surface area contributed by atoms with E-state index in [4.69, 9.17) is 23.2 Å². The third-order valence-electron chi connectivity index (χ3n) is 5.76. The van der Waals surface area contributed by atoms with E-state index in [1.54, 1.807) is 23.9 Å². The van der Waals surface area contributed by atoms with Crippen LogP contribution in [0, 0.1) is 5.92 Å². The van der Waals surface area contributed by atoms with E-state index in [0.29, 0.717) is 39.9 Å². The smallest absolute Gasteiger partial charge is 0.220 e. The molecule has 0 saturated heterocycles. The molecule has 1 amide bonds. The Kier molecular flexibility index (Phi) is 8.11. The summed E-state index contributed by atoms with van der Waals surface area (Å²) < 4.78 is 1.91. The van der Waals surface area contributed by atoms with Gasteiger partial charge in [-0.3, -0.25) is 9.36 Å². The van der Waals surface area contributed by atoms with Gasteiger partial charge in [0.2, 0.25) is 5.91 Å². The minimum absolute atomic E-state index is 0.0483. The summed E-state index contributed by atoms with van der Waals surface area (Å²) in [6.45, 7) is 0.293. The Morgan fingerprint density at radius 1 is 1.09 bits per heavy atom. The summed E-state index contributed by atoms with van der Waals surface area (Å²) in [6, 6.07) is 15.5. The van der Waals surface area contributed by atoms with Gasteiger partial charge in [0, 0.05) is 17.2 Å². The SMILES string of the molecule is O=C(CCC1CCCC1)NCc1nnc(SCc2ccccc2)n1-c1ccc(Cl)cc1Cl. The van der Waals surface area contributed by atoms with Crippen LogP contribution in [-0.2, 0) is 17.1 Å². The maximum Gasteiger partial charge on any atom is 0.220 e. The molecule has 1 aliphatic carbocycles. The zero-order chi connectivity index (χ0) is 22.3. The van der Waals surface area contributed by atoms with E-state index < -0.39 is 0 Å². The Hall–Kier alpha value is -2.02. The lowest BCUT2D eigenvalue weighted by Gasteiger charge is -2.13. The quantitative estimate of drug-likeness (QED) is 0.351. The summed E-state index contributed by atoms with van der Waals surface area (Å²) in [7, 11) is 0. The Morgan fingerprint density at radius 2 is 1.88 bits per heavy atom. The number of benzene rings is 2. The van der Waals surface area contributed by atoms with Gasteiger partial charge in [-0.05, 0) is 36.1 Å². The van der Waals surface area contributed by atoms with Crippen molar-refractivity contribution in [3.05, 3.63) is 70.0 Å². The highest BCUT2D eigenvalue weighted by Gasteiger charge is 2.19. The lowest BCUT2D eigenvalue weighted by molar-refractivity contribution is -0.121. The molecular weight excluding hydrogens is 463 g/mol. The predicted molar refractivity (Wildman–Crippen MR) is 130 cm³/mol. The zero-order valence-corrected chi connectivity index (χ0v) is 20.1. The molecule has 1 fully saturated rings. The van der Waals surface area contributed by atoms with E-state index in [9.17, 15) is 4.79 Å². The number of carbonyl (C=O) groups is 1. The van der Waals surface area contributed by atoms with Crippen LogP contribution in [0.15, 0.2) is 53.7 Å². The Morgan fingerprint density at radius 3 is 2.62 bits per heavy atom. The molecule has 3 aromatic rings. The molecule has 4 rings (SSSR count). The molecule has 1 N–H and O–H groups in total. The standard InChI is InChI=1S/C24H26Cl2N4OS/c25-19-11-12-21(20(26)14-19)30-22(15-27-23(31)13-10-17-6-4-5-7-17)28-29-24(30)32-16-18-8-2-1-3-9-18/h1-3,8-9,11-12,14,17H,4-7,10,13,15-16H2,(H,27,31). The van der Waals surface area contributed by atoms with Crippen molar-refractivity contribution in [2.45, 2.75) is 56.0 Å². The van der Waals surface area contributed by atoms with Crippen LogP contribution in [0.5, 0.6) is 0 Å². The van der Waals surface area contributed by atoms with Crippen LogP contribution in [0.4, 0.5) is 0 Å². The second-order valence-corrected chi connectivity index (χ2v) is 9.86. The van der Waals surface area contributed by atoms with Crippen molar-refractivity contribution in [2.24, 2.45) is 5.92 Å². The minimum atomic E-state index is 0.0483. The molecule has 1 aliphatic rings. The van der Waals surface area contributed by atoms with Crippen molar-refractivity contribution in [2.75, 3.05) is 0 Å². The van der Waals surface area contributed by atoms with Crippen molar-refractivity contribution in [3.63, 3.8) is 0 Å². The monoisotopic (exact) mass is 488 g/mol. The average Bonchev–Trinajstić information content (AvgIpc) is 3.46. The van der Waals surface area contributed by atoms with Crippen LogP contribution in [0.25, 0.3) is 5.69 Å². The number of nitrogens with one attached hydrogen (secondary N) is 1. The molecule has 5 nitrogen and oxygen atoms in total. The molecule has 1 heterocycles. The molecule has 0 spiro atoms. The third-order valence-corrected chi connectivity index (χ3v) is 7.30. The number of aromatic nitrogens is 3. The van der Waals surface area contributed by atoms with E-state index in [1.807, 2.05) is 28.8 Å². The lowest BCUT2D eigenvalue weighted by atomic mass is 10.0. The molecule has 1 aromatic heterocycles. The fraction of sp³-hybridized carbons (Fsp3) is 0.375. The number of nitrogens with zero attached hydrogens (tertiary/aromatic N) is 3. The molecule has 0 atom stereocenters. The molecule has 168 valence electrons. The summed E-state index contributed by atoms with van der Waals surface area (Å²) in [6.07, 6.45) is 6.59. The highest BCUT2D eigenvalue weighted by molar-refractivity contribution is 7.98. The number of carbonyl (C=O) groups excluding carboxylic acids is 1. The number of hydrogen-bond acceptors (Lipinski definition) is 4.